The van der Waals surface area contributed by atoms with E-state index in [0.29, 0.717) is 5.69 Å². The Kier molecular flexibility index (Phi) is 2.20. The van der Waals surface area contributed by atoms with Crippen LogP contribution in [0.2, 0.25) is 0 Å². The second kappa shape index (κ2) is 3.25. The van der Waals surface area contributed by atoms with Crippen LogP contribution in [0, 0.1) is 0 Å². The molecule has 2 heterocycles. The number of nitrogens with two attached hydrogens (primary N) is 2. The van der Waals surface area contributed by atoms with Crippen molar-refractivity contribution in [1.82, 2.24) is 9.38 Å². The molecule has 1 atom stereocenters. The van der Waals surface area contributed by atoms with Crippen molar-refractivity contribution in [3.63, 3.8) is 0 Å². The molecular formula is C9H11BrN4. The highest BCUT2D eigenvalue weighted by molar-refractivity contribution is 9.10. The summed E-state index contributed by atoms with van der Waals surface area (Å²) in [6.45, 7) is 1.89. The first kappa shape index (κ1) is 9.48. The highest BCUT2D eigenvalue weighted by atomic mass is 79.9. The number of nitrogen functional groups attached to an aromatic ring is 1. The van der Waals surface area contributed by atoms with Crippen molar-refractivity contribution < 1.29 is 0 Å². The highest BCUT2D eigenvalue weighted by Gasteiger charge is 2.11. The number of anilines is 1. The largest absolute Gasteiger partial charge is 0.398 e. The maximum Gasteiger partial charge on any atom is 0.132 e. The molecule has 0 aromatic carbocycles. The smallest absolute Gasteiger partial charge is 0.132 e. The molecule has 4 nitrogen and oxygen atoms in total. The van der Waals surface area contributed by atoms with E-state index in [1.54, 1.807) is 0 Å². The van der Waals surface area contributed by atoms with Gasteiger partial charge in [-0.3, -0.25) is 4.40 Å². The number of rotatable bonds is 1. The third-order valence-electron chi connectivity index (χ3n) is 2.05. The molecule has 0 aliphatic heterocycles. The van der Waals surface area contributed by atoms with Crippen molar-refractivity contribution in [2.24, 2.45) is 5.73 Å². The Morgan fingerprint density at radius 3 is 2.86 bits per heavy atom. The van der Waals surface area contributed by atoms with Crippen LogP contribution in [-0.2, 0) is 0 Å². The minimum atomic E-state index is -0.115. The predicted octanol–water partition coefficient (Wildman–Crippen LogP) is 1.70. The van der Waals surface area contributed by atoms with Crippen LogP contribution in [0.15, 0.2) is 22.9 Å². The van der Waals surface area contributed by atoms with Crippen molar-refractivity contribution in [2.45, 2.75) is 13.0 Å². The van der Waals surface area contributed by atoms with E-state index in [2.05, 4.69) is 20.9 Å². The fourth-order valence-corrected chi connectivity index (χ4v) is 1.91. The molecule has 14 heavy (non-hydrogen) atoms. The molecule has 0 aliphatic carbocycles. The molecule has 0 saturated heterocycles. The fourth-order valence-electron chi connectivity index (χ4n) is 1.41. The average molecular weight is 255 g/mol. The van der Waals surface area contributed by atoms with Crippen molar-refractivity contribution in [1.29, 1.82) is 0 Å². The Hall–Kier alpha value is -1.07. The highest BCUT2D eigenvalue weighted by Crippen LogP contribution is 2.22. The molecule has 0 bridgehead atoms. The summed E-state index contributed by atoms with van der Waals surface area (Å²) in [6, 6.07) is 3.64. The van der Waals surface area contributed by atoms with E-state index in [4.69, 9.17) is 11.5 Å². The number of hydrogen-bond donors (Lipinski definition) is 2. The van der Waals surface area contributed by atoms with Crippen molar-refractivity contribution in [3.05, 3.63) is 28.8 Å². The Bertz CT molecular complexity index is 475. The van der Waals surface area contributed by atoms with Gasteiger partial charge in [-0.05, 0) is 35.0 Å². The Labute approximate surface area is 90.0 Å². The van der Waals surface area contributed by atoms with E-state index in [9.17, 15) is 0 Å². The topological polar surface area (TPSA) is 69.3 Å². The molecule has 2 rings (SSSR count). The van der Waals surface area contributed by atoms with Gasteiger partial charge in [0.2, 0.25) is 0 Å². The molecule has 5 heteroatoms. The zero-order valence-electron chi connectivity index (χ0n) is 7.74. The molecule has 0 aliphatic rings. The first-order valence-electron chi connectivity index (χ1n) is 4.28. The van der Waals surface area contributed by atoms with E-state index >= 15 is 0 Å². The molecule has 0 amide bonds. The maximum atomic E-state index is 5.80. The van der Waals surface area contributed by atoms with Gasteiger partial charge in [0.15, 0.2) is 0 Å². The Balaban J connectivity index is 2.79. The quantitative estimate of drug-likeness (QED) is 0.814. The van der Waals surface area contributed by atoms with Gasteiger partial charge in [0.25, 0.3) is 0 Å². The lowest BCUT2D eigenvalue weighted by Gasteiger charge is -2.04. The molecule has 0 fully saturated rings. The zero-order valence-corrected chi connectivity index (χ0v) is 9.32. The molecule has 0 saturated carbocycles. The molecule has 1 unspecified atom stereocenters. The standard InChI is InChI=1S/C9H11BrN4/c1-5(11)9-13-8(10)7-3-2-6(12)4-14(7)9/h2-5H,11-12H2,1H3. The molecule has 0 radical (unpaired) electrons. The number of aromatic nitrogens is 2. The minimum Gasteiger partial charge on any atom is -0.398 e. The van der Waals surface area contributed by atoms with Gasteiger partial charge in [0.1, 0.15) is 10.4 Å². The molecule has 4 N–H and O–H groups in total. The first-order chi connectivity index (χ1) is 6.59. The summed E-state index contributed by atoms with van der Waals surface area (Å²) >= 11 is 3.38. The van der Waals surface area contributed by atoms with Gasteiger partial charge < -0.3 is 11.5 Å². The minimum absolute atomic E-state index is 0.115. The van der Waals surface area contributed by atoms with E-state index in [1.165, 1.54) is 0 Å². The van der Waals surface area contributed by atoms with Crippen molar-refractivity contribution in [3.8, 4) is 0 Å². The third-order valence-corrected chi connectivity index (χ3v) is 2.63. The van der Waals surface area contributed by atoms with Crippen molar-refractivity contribution >= 4 is 27.1 Å². The number of fused-ring (bicyclic) bond motifs is 1. The Morgan fingerprint density at radius 1 is 1.50 bits per heavy atom. The van der Waals surface area contributed by atoms with Crippen LogP contribution in [0.5, 0.6) is 0 Å². The van der Waals surface area contributed by atoms with Gasteiger partial charge in [-0.2, -0.15) is 0 Å². The van der Waals surface area contributed by atoms with Gasteiger partial charge in [-0.1, -0.05) is 0 Å². The van der Waals surface area contributed by atoms with Gasteiger partial charge in [-0.15, -0.1) is 0 Å². The lowest BCUT2D eigenvalue weighted by Crippen LogP contribution is -2.09. The maximum absolute atomic E-state index is 5.80. The molecule has 0 spiro atoms. The lowest BCUT2D eigenvalue weighted by molar-refractivity contribution is 0.735. The van der Waals surface area contributed by atoms with Gasteiger partial charge in [0, 0.05) is 11.9 Å². The normalized spacial score (nSPS) is 13.4. The summed E-state index contributed by atoms with van der Waals surface area (Å²) in [4.78, 5) is 4.33. The molecular weight excluding hydrogens is 244 g/mol. The summed E-state index contributed by atoms with van der Waals surface area (Å²) in [5.74, 6) is 0.805. The van der Waals surface area contributed by atoms with Crippen LogP contribution < -0.4 is 11.5 Å². The monoisotopic (exact) mass is 254 g/mol. The van der Waals surface area contributed by atoms with Crippen LogP contribution in [-0.4, -0.2) is 9.38 Å². The second-order valence-corrected chi connectivity index (χ2v) is 4.02. The van der Waals surface area contributed by atoms with E-state index in [-0.39, 0.29) is 6.04 Å². The SMILES string of the molecule is CC(N)c1nc(Br)c2ccc(N)cn12. The van der Waals surface area contributed by atoms with Crippen LogP contribution in [0.4, 0.5) is 5.69 Å². The molecule has 2 aromatic rings. The third kappa shape index (κ3) is 1.38. The molecule has 2 aromatic heterocycles. The lowest BCUT2D eigenvalue weighted by atomic mass is 10.3. The van der Waals surface area contributed by atoms with Crippen LogP contribution in [0.1, 0.15) is 18.8 Å². The van der Waals surface area contributed by atoms with Gasteiger partial charge in [0.05, 0.1) is 11.6 Å². The summed E-state index contributed by atoms with van der Waals surface area (Å²) in [5, 5.41) is 0. The van der Waals surface area contributed by atoms with Crippen LogP contribution >= 0.6 is 15.9 Å². The number of nitrogens with zero attached hydrogens (tertiary/aromatic N) is 2. The number of pyridine rings is 1. The van der Waals surface area contributed by atoms with Crippen molar-refractivity contribution in [2.75, 3.05) is 5.73 Å². The number of imidazole rings is 1. The van der Waals surface area contributed by atoms with Crippen LogP contribution in [0.3, 0.4) is 0 Å². The van der Waals surface area contributed by atoms with Gasteiger partial charge >= 0.3 is 0 Å². The van der Waals surface area contributed by atoms with E-state index in [0.717, 1.165) is 15.9 Å². The number of hydrogen-bond acceptors (Lipinski definition) is 3. The molecule has 74 valence electrons. The van der Waals surface area contributed by atoms with Gasteiger partial charge in [-0.25, -0.2) is 4.98 Å². The number of halogens is 1. The fraction of sp³-hybridized carbons (Fsp3) is 0.222. The van der Waals surface area contributed by atoms with E-state index < -0.39 is 0 Å². The summed E-state index contributed by atoms with van der Waals surface area (Å²) in [6.07, 6.45) is 1.83. The summed E-state index contributed by atoms with van der Waals surface area (Å²) < 4.78 is 2.70. The predicted molar refractivity (Wildman–Crippen MR) is 59.9 cm³/mol. The zero-order chi connectivity index (χ0) is 10.3. The van der Waals surface area contributed by atoms with Crippen LogP contribution in [0.25, 0.3) is 5.52 Å². The summed E-state index contributed by atoms with van der Waals surface area (Å²) in [5.41, 5.74) is 13.2. The average Bonchev–Trinajstić information content (AvgIpc) is 2.43. The Morgan fingerprint density at radius 2 is 2.21 bits per heavy atom. The second-order valence-electron chi connectivity index (χ2n) is 3.27. The van der Waals surface area contributed by atoms with E-state index in [1.807, 2.05) is 29.7 Å². The first-order valence-corrected chi connectivity index (χ1v) is 5.07. The summed E-state index contributed by atoms with van der Waals surface area (Å²) in [7, 11) is 0.